The van der Waals surface area contributed by atoms with Gasteiger partial charge in [-0.25, -0.2) is 4.79 Å². The van der Waals surface area contributed by atoms with Crippen LogP contribution in [0.2, 0.25) is 0 Å². The van der Waals surface area contributed by atoms with Crippen LogP contribution in [0.25, 0.3) is 11.1 Å². The van der Waals surface area contributed by atoms with Gasteiger partial charge in [0.1, 0.15) is 5.75 Å². The molecule has 2 aromatic carbocycles. The Kier molecular flexibility index (Phi) is 8.12. The lowest BCUT2D eigenvalue weighted by Crippen LogP contribution is -2.06. The average molecular weight is 363 g/mol. The van der Waals surface area contributed by atoms with Gasteiger partial charge in [0, 0.05) is 16.7 Å². The number of ether oxygens (including phenoxy) is 2. The number of nitriles is 1. The molecular formula is C23H25NO3. The molecule has 0 saturated carbocycles. The lowest BCUT2D eigenvalue weighted by atomic mass is 9.99. The van der Waals surface area contributed by atoms with Crippen LogP contribution >= 0.6 is 0 Å². The number of hydrogen-bond acceptors (Lipinski definition) is 4. The standard InChI is InChI=1S/C23H25NO3/c1-18(2)23(25)27-16-10-4-3-9-15-26-22-14-8-7-13-21(22)20-12-6-5-11-19(20)17-24/h5-8,11-14H,1,3-4,9-10,15-16H2,2H3. The van der Waals surface area contributed by atoms with E-state index in [0.717, 1.165) is 42.6 Å². The van der Waals surface area contributed by atoms with Gasteiger partial charge >= 0.3 is 5.97 Å². The quantitative estimate of drug-likeness (QED) is 0.327. The Morgan fingerprint density at radius 2 is 1.59 bits per heavy atom. The van der Waals surface area contributed by atoms with Gasteiger partial charge in [-0.05, 0) is 44.7 Å². The molecule has 0 aliphatic heterocycles. The lowest BCUT2D eigenvalue weighted by molar-refractivity contribution is -0.139. The van der Waals surface area contributed by atoms with Crippen LogP contribution in [-0.2, 0) is 9.53 Å². The summed E-state index contributed by atoms with van der Waals surface area (Å²) < 4.78 is 11.0. The molecule has 4 nitrogen and oxygen atoms in total. The highest BCUT2D eigenvalue weighted by atomic mass is 16.5. The summed E-state index contributed by atoms with van der Waals surface area (Å²) in [6.45, 7) is 6.24. The molecule has 140 valence electrons. The number of carbonyl (C=O) groups excluding carboxylic acids is 1. The van der Waals surface area contributed by atoms with Crippen molar-refractivity contribution in [3.05, 3.63) is 66.2 Å². The van der Waals surface area contributed by atoms with E-state index in [-0.39, 0.29) is 5.97 Å². The molecule has 0 aromatic heterocycles. The zero-order valence-corrected chi connectivity index (χ0v) is 15.7. The summed E-state index contributed by atoms with van der Waals surface area (Å²) in [6, 6.07) is 17.6. The summed E-state index contributed by atoms with van der Waals surface area (Å²) in [5, 5.41) is 9.33. The summed E-state index contributed by atoms with van der Waals surface area (Å²) in [7, 11) is 0. The number of para-hydroxylation sites is 1. The molecule has 0 radical (unpaired) electrons. The maximum absolute atomic E-state index is 11.3. The molecule has 0 amide bonds. The predicted octanol–water partition coefficient (Wildman–Crippen LogP) is 5.28. The van der Waals surface area contributed by atoms with Crippen LogP contribution in [0.15, 0.2) is 60.7 Å². The fourth-order valence-electron chi connectivity index (χ4n) is 2.66. The molecule has 0 bridgehead atoms. The van der Waals surface area contributed by atoms with E-state index in [9.17, 15) is 10.1 Å². The van der Waals surface area contributed by atoms with Crippen molar-refractivity contribution in [2.75, 3.05) is 13.2 Å². The van der Waals surface area contributed by atoms with E-state index in [1.807, 2.05) is 48.5 Å². The van der Waals surface area contributed by atoms with Gasteiger partial charge in [0.05, 0.1) is 24.8 Å². The van der Waals surface area contributed by atoms with Crippen LogP contribution < -0.4 is 4.74 Å². The number of hydrogen-bond donors (Lipinski definition) is 0. The molecule has 0 N–H and O–H groups in total. The van der Waals surface area contributed by atoms with E-state index in [1.54, 1.807) is 6.92 Å². The first-order valence-electron chi connectivity index (χ1n) is 9.17. The Hall–Kier alpha value is -3.06. The van der Waals surface area contributed by atoms with E-state index < -0.39 is 0 Å². The van der Waals surface area contributed by atoms with Crippen molar-refractivity contribution in [1.82, 2.24) is 0 Å². The van der Waals surface area contributed by atoms with E-state index in [0.29, 0.717) is 24.4 Å². The van der Waals surface area contributed by atoms with Crippen molar-refractivity contribution >= 4 is 5.97 Å². The normalized spacial score (nSPS) is 10.1. The first-order valence-corrected chi connectivity index (χ1v) is 9.17. The molecule has 0 fully saturated rings. The fourth-order valence-corrected chi connectivity index (χ4v) is 2.66. The second-order valence-electron chi connectivity index (χ2n) is 6.33. The number of unbranched alkanes of at least 4 members (excludes halogenated alkanes) is 3. The second kappa shape index (κ2) is 10.8. The highest BCUT2D eigenvalue weighted by Gasteiger charge is 2.09. The zero-order valence-electron chi connectivity index (χ0n) is 15.7. The molecule has 27 heavy (non-hydrogen) atoms. The van der Waals surface area contributed by atoms with E-state index >= 15 is 0 Å². The van der Waals surface area contributed by atoms with Gasteiger partial charge in [-0.15, -0.1) is 0 Å². The van der Waals surface area contributed by atoms with Gasteiger partial charge in [-0.3, -0.25) is 0 Å². The maximum Gasteiger partial charge on any atom is 0.333 e. The van der Waals surface area contributed by atoms with Gasteiger partial charge in [0.25, 0.3) is 0 Å². The third-order valence-electron chi connectivity index (χ3n) is 4.10. The molecule has 4 heteroatoms. The van der Waals surface area contributed by atoms with E-state index in [2.05, 4.69) is 12.6 Å². The van der Waals surface area contributed by atoms with Crippen LogP contribution in [0, 0.1) is 11.3 Å². The number of benzene rings is 2. The van der Waals surface area contributed by atoms with Gasteiger partial charge in [-0.2, -0.15) is 5.26 Å². The number of rotatable bonds is 10. The monoisotopic (exact) mass is 363 g/mol. The van der Waals surface area contributed by atoms with Gasteiger partial charge in [-0.1, -0.05) is 43.0 Å². The summed E-state index contributed by atoms with van der Waals surface area (Å²) in [5.41, 5.74) is 2.88. The van der Waals surface area contributed by atoms with Crippen molar-refractivity contribution in [3.8, 4) is 22.9 Å². The van der Waals surface area contributed by atoms with Crippen LogP contribution in [-0.4, -0.2) is 19.2 Å². The molecule has 0 saturated heterocycles. The van der Waals surface area contributed by atoms with Crippen molar-refractivity contribution in [2.45, 2.75) is 32.6 Å². The molecule has 0 aliphatic rings. The third-order valence-corrected chi connectivity index (χ3v) is 4.10. The highest BCUT2D eigenvalue weighted by Crippen LogP contribution is 2.32. The maximum atomic E-state index is 11.3. The molecule has 2 aromatic rings. The first kappa shape index (κ1) is 20.3. The summed E-state index contributed by atoms with van der Waals surface area (Å²) in [5.74, 6) is 0.461. The molecule has 0 heterocycles. The van der Waals surface area contributed by atoms with Crippen LogP contribution in [0.3, 0.4) is 0 Å². The van der Waals surface area contributed by atoms with Gasteiger partial charge in [0.15, 0.2) is 0 Å². The lowest BCUT2D eigenvalue weighted by Gasteiger charge is -2.12. The van der Waals surface area contributed by atoms with Crippen molar-refractivity contribution in [3.63, 3.8) is 0 Å². The van der Waals surface area contributed by atoms with Gasteiger partial charge < -0.3 is 9.47 Å². The molecule has 0 spiro atoms. The zero-order chi connectivity index (χ0) is 19.5. The SMILES string of the molecule is C=C(C)C(=O)OCCCCCCOc1ccccc1-c1ccccc1C#N. The van der Waals surface area contributed by atoms with Crippen LogP contribution in [0.1, 0.15) is 38.2 Å². The summed E-state index contributed by atoms with van der Waals surface area (Å²) in [6.07, 6.45) is 3.74. The van der Waals surface area contributed by atoms with Crippen molar-refractivity contribution < 1.29 is 14.3 Å². The van der Waals surface area contributed by atoms with E-state index in [4.69, 9.17) is 9.47 Å². The van der Waals surface area contributed by atoms with Gasteiger partial charge in [0.2, 0.25) is 0 Å². The third kappa shape index (κ3) is 6.31. The first-order chi connectivity index (χ1) is 13.1. The Balaban J connectivity index is 1.78. The van der Waals surface area contributed by atoms with Crippen LogP contribution in [0.5, 0.6) is 5.75 Å². The van der Waals surface area contributed by atoms with Crippen molar-refractivity contribution in [2.24, 2.45) is 0 Å². The summed E-state index contributed by atoms with van der Waals surface area (Å²) in [4.78, 5) is 11.3. The Labute approximate surface area is 161 Å². The summed E-state index contributed by atoms with van der Waals surface area (Å²) >= 11 is 0. The predicted molar refractivity (Wildman–Crippen MR) is 106 cm³/mol. The smallest absolute Gasteiger partial charge is 0.333 e. The number of nitrogens with zero attached hydrogens (tertiary/aromatic N) is 1. The Morgan fingerprint density at radius 1 is 0.963 bits per heavy atom. The Morgan fingerprint density at radius 3 is 2.30 bits per heavy atom. The van der Waals surface area contributed by atoms with E-state index in [1.165, 1.54) is 0 Å². The second-order valence-corrected chi connectivity index (χ2v) is 6.33. The minimum Gasteiger partial charge on any atom is -0.493 e. The highest BCUT2D eigenvalue weighted by molar-refractivity contribution is 5.86. The molecule has 0 unspecified atom stereocenters. The van der Waals surface area contributed by atoms with Crippen LogP contribution in [0.4, 0.5) is 0 Å². The average Bonchev–Trinajstić information content (AvgIpc) is 2.70. The molecule has 0 aliphatic carbocycles. The number of esters is 1. The minimum atomic E-state index is -0.326. The molecule has 2 rings (SSSR count). The minimum absolute atomic E-state index is 0.326. The topological polar surface area (TPSA) is 59.3 Å². The fraction of sp³-hybridized carbons (Fsp3) is 0.304. The largest absolute Gasteiger partial charge is 0.493 e. The molecule has 0 atom stereocenters. The number of carbonyl (C=O) groups is 1. The van der Waals surface area contributed by atoms with Crippen molar-refractivity contribution in [1.29, 1.82) is 5.26 Å². The molecular weight excluding hydrogens is 338 g/mol. The Bertz CT molecular complexity index is 820.